The van der Waals surface area contributed by atoms with E-state index >= 15 is 0 Å². The van der Waals surface area contributed by atoms with Gasteiger partial charge in [0, 0.05) is 71.4 Å². The van der Waals surface area contributed by atoms with E-state index in [-0.39, 0.29) is 47.0 Å². The minimum Gasteiger partial charge on any atom is -0.507 e. The molecule has 4 aromatic rings. The third-order valence-electron chi connectivity index (χ3n) is 9.57. The van der Waals surface area contributed by atoms with Crippen molar-refractivity contribution in [2.75, 3.05) is 34.6 Å². The van der Waals surface area contributed by atoms with Gasteiger partial charge in [-0.15, -0.1) is 23.2 Å². The molecule has 8 heteroatoms. The van der Waals surface area contributed by atoms with Gasteiger partial charge in [0.2, 0.25) is 11.8 Å². The fraction of sp³-hybridized carbons (Fsp3) is 0.353. The lowest BCUT2D eigenvalue weighted by molar-refractivity contribution is -0.127. The summed E-state index contributed by atoms with van der Waals surface area (Å²) in [6.07, 6.45) is 2.67. The summed E-state index contributed by atoms with van der Waals surface area (Å²) < 4.78 is 0. The number of benzene rings is 4. The summed E-state index contributed by atoms with van der Waals surface area (Å²) in [4.78, 5) is 31.7. The highest BCUT2D eigenvalue weighted by Gasteiger charge is 2.42. The van der Waals surface area contributed by atoms with E-state index in [1.807, 2.05) is 48.5 Å². The van der Waals surface area contributed by atoms with Crippen molar-refractivity contribution in [2.24, 2.45) is 11.8 Å². The molecule has 1 fully saturated rings. The number of halogens is 2. The summed E-state index contributed by atoms with van der Waals surface area (Å²) in [5.41, 5.74) is 3.44. The van der Waals surface area contributed by atoms with E-state index in [1.165, 1.54) is 0 Å². The quantitative estimate of drug-likeness (QED) is 0.241. The molecular formula is C34H32Cl2N2O4. The second-order valence-electron chi connectivity index (χ2n) is 11.9. The van der Waals surface area contributed by atoms with Crippen LogP contribution in [0.4, 0.5) is 11.4 Å². The number of amides is 2. The number of carbonyl (C=O) groups is 2. The molecule has 2 aliphatic heterocycles. The molecular weight excluding hydrogens is 571 g/mol. The summed E-state index contributed by atoms with van der Waals surface area (Å²) in [6, 6.07) is 18.7. The topological polar surface area (TPSA) is 81.1 Å². The molecule has 0 bridgehead atoms. The normalized spacial score (nSPS) is 23.4. The monoisotopic (exact) mass is 602 g/mol. The van der Waals surface area contributed by atoms with Gasteiger partial charge in [-0.3, -0.25) is 9.59 Å². The number of hydrogen-bond acceptors (Lipinski definition) is 4. The first-order valence-electron chi connectivity index (χ1n) is 14.6. The Hall–Kier alpha value is -3.48. The van der Waals surface area contributed by atoms with Gasteiger partial charge in [-0.2, -0.15) is 0 Å². The third kappa shape index (κ3) is 4.22. The highest BCUT2D eigenvalue weighted by atomic mass is 35.5. The van der Waals surface area contributed by atoms with Gasteiger partial charge in [0.15, 0.2) is 0 Å². The van der Waals surface area contributed by atoms with Crippen LogP contribution in [-0.2, 0) is 9.59 Å². The van der Waals surface area contributed by atoms with Crippen LogP contribution in [0.25, 0.3) is 21.5 Å². The number of fused-ring (bicyclic) bond motifs is 6. The average Bonchev–Trinajstić information content (AvgIpc) is 3.59. The van der Waals surface area contributed by atoms with E-state index in [2.05, 4.69) is 0 Å². The zero-order valence-electron chi connectivity index (χ0n) is 23.1. The molecule has 4 unspecified atom stereocenters. The molecule has 6 nitrogen and oxygen atoms in total. The molecule has 0 saturated heterocycles. The standard InChI is InChI=1S/C34H32Cl2N2O4/c35-15-21-17-37(27-13-29(39)23-8-1-3-10-25(23)31(21)27)33(41)19-6-5-7-20(12-19)34(42)38-18-22(16-36)32-26-11-4-2-9-24(26)30(40)14-28(32)38/h1-4,8-11,13-14,19-22,39-40H,5-7,12,15-18H2. The highest BCUT2D eigenvalue weighted by molar-refractivity contribution is 6.19. The van der Waals surface area contributed by atoms with Crippen LogP contribution in [0.2, 0.25) is 0 Å². The SMILES string of the molecule is O=C(C1CCCC(C(=O)N2CC(CCl)c3c2cc(O)c2ccccc32)C1)N1CC(CCl)c2c1cc(O)c1ccccc21. The Morgan fingerprint density at radius 3 is 1.50 bits per heavy atom. The van der Waals surface area contributed by atoms with Gasteiger partial charge in [0.1, 0.15) is 11.5 Å². The van der Waals surface area contributed by atoms with Crippen molar-refractivity contribution in [3.63, 3.8) is 0 Å². The molecule has 42 heavy (non-hydrogen) atoms. The molecule has 2 amide bonds. The number of phenols is 2. The fourth-order valence-electron chi connectivity index (χ4n) is 7.60. The minimum absolute atomic E-state index is 0.0138. The van der Waals surface area contributed by atoms with Gasteiger partial charge in [-0.05, 0) is 41.2 Å². The Balaban J connectivity index is 1.17. The molecule has 3 aliphatic rings. The summed E-state index contributed by atoms with van der Waals surface area (Å²) >= 11 is 12.8. The Morgan fingerprint density at radius 1 is 0.690 bits per heavy atom. The van der Waals surface area contributed by atoms with Gasteiger partial charge in [-0.1, -0.05) is 55.0 Å². The Labute approximate surface area is 254 Å². The molecule has 216 valence electrons. The number of anilines is 2. The van der Waals surface area contributed by atoms with Gasteiger partial charge in [-0.25, -0.2) is 0 Å². The number of nitrogens with zero attached hydrogens (tertiary/aromatic N) is 2. The number of rotatable bonds is 4. The summed E-state index contributed by atoms with van der Waals surface area (Å²) in [5, 5.41) is 24.9. The molecule has 4 atom stereocenters. The predicted octanol–water partition coefficient (Wildman–Crippen LogP) is 7.25. The summed E-state index contributed by atoms with van der Waals surface area (Å²) in [6.45, 7) is 0.924. The lowest BCUT2D eigenvalue weighted by atomic mass is 9.80. The first kappa shape index (κ1) is 27.4. The second-order valence-corrected chi connectivity index (χ2v) is 12.5. The van der Waals surface area contributed by atoms with E-state index in [0.717, 1.165) is 50.5 Å². The van der Waals surface area contributed by atoms with E-state index in [4.69, 9.17) is 23.2 Å². The van der Waals surface area contributed by atoms with Crippen molar-refractivity contribution in [2.45, 2.75) is 37.5 Å². The summed E-state index contributed by atoms with van der Waals surface area (Å²) in [7, 11) is 0. The van der Waals surface area contributed by atoms with Crippen molar-refractivity contribution in [3.05, 3.63) is 71.8 Å². The average molecular weight is 604 g/mol. The Bertz CT molecular complexity index is 1620. The Morgan fingerprint density at radius 2 is 1.10 bits per heavy atom. The van der Waals surface area contributed by atoms with Crippen LogP contribution in [0.15, 0.2) is 60.7 Å². The first-order chi connectivity index (χ1) is 20.4. The number of carbonyl (C=O) groups excluding carboxylic acids is 2. The van der Waals surface area contributed by atoms with Crippen molar-refractivity contribution in [3.8, 4) is 11.5 Å². The number of aromatic hydroxyl groups is 2. The maximum Gasteiger partial charge on any atom is 0.230 e. The van der Waals surface area contributed by atoms with Crippen LogP contribution < -0.4 is 9.80 Å². The maximum absolute atomic E-state index is 14.1. The predicted molar refractivity (Wildman–Crippen MR) is 168 cm³/mol. The first-order valence-corrected chi connectivity index (χ1v) is 15.7. The molecule has 0 radical (unpaired) electrons. The largest absolute Gasteiger partial charge is 0.507 e. The van der Waals surface area contributed by atoms with Crippen molar-refractivity contribution < 1.29 is 19.8 Å². The van der Waals surface area contributed by atoms with Crippen molar-refractivity contribution >= 4 is 67.9 Å². The molecule has 4 aromatic carbocycles. The molecule has 1 saturated carbocycles. The van der Waals surface area contributed by atoms with Gasteiger partial charge in [0.05, 0.1) is 11.4 Å². The lowest BCUT2D eigenvalue weighted by Crippen LogP contribution is -2.42. The van der Waals surface area contributed by atoms with Crippen LogP contribution in [-0.4, -0.2) is 46.9 Å². The fourth-order valence-corrected chi connectivity index (χ4v) is 8.11. The molecule has 2 heterocycles. The van der Waals surface area contributed by atoms with E-state index in [9.17, 15) is 19.8 Å². The van der Waals surface area contributed by atoms with Crippen LogP contribution in [0.5, 0.6) is 11.5 Å². The molecule has 1 aliphatic carbocycles. The van der Waals surface area contributed by atoms with Crippen LogP contribution >= 0.6 is 23.2 Å². The van der Waals surface area contributed by atoms with E-state index in [0.29, 0.717) is 44.1 Å². The van der Waals surface area contributed by atoms with Gasteiger partial charge in [0.25, 0.3) is 0 Å². The number of hydrogen-bond donors (Lipinski definition) is 2. The smallest absolute Gasteiger partial charge is 0.230 e. The minimum atomic E-state index is -0.306. The molecule has 0 spiro atoms. The number of alkyl halides is 2. The lowest BCUT2D eigenvalue weighted by Gasteiger charge is -2.33. The second kappa shape index (κ2) is 10.7. The molecule has 0 aromatic heterocycles. The zero-order valence-corrected chi connectivity index (χ0v) is 24.6. The molecule has 7 rings (SSSR count). The van der Waals surface area contributed by atoms with Crippen molar-refractivity contribution in [1.82, 2.24) is 0 Å². The Kier molecular flexibility index (Phi) is 6.94. The van der Waals surface area contributed by atoms with Crippen LogP contribution in [0.3, 0.4) is 0 Å². The van der Waals surface area contributed by atoms with Crippen molar-refractivity contribution in [1.29, 1.82) is 0 Å². The van der Waals surface area contributed by atoms with Gasteiger partial charge >= 0.3 is 0 Å². The summed E-state index contributed by atoms with van der Waals surface area (Å²) in [5.74, 6) is 0.321. The third-order valence-corrected chi connectivity index (χ3v) is 10.3. The highest BCUT2D eigenvalue weighted by Crippen LogP contribution is 2.48. The van der Waals surface area contributed by atoms with Gasteiger partial charge < -0.3 is 20.0 Å². The maximum atomic E-state index is 14.1. The van der Waals surface area contributed by atoms with E-state index < -0.39 is 0 Å². The molecule has 2 N–H and O–H groups in total. The van der Waals surface area contributed by atoms with Crippen LogP contribution in [0, 0.1) is 11.8 Å². The zero-order chi connectivity index (χ0) is 29.1. The number of phenolic OH excluding ortho intramolecular Hbond substituents is 2. The van der Waals surface area contributed by atoms with Crippen LogP contribution in [0.1, 0.15) is 48.6 Å². The van der Waals surface area contributed by atoms with E-state index in [1.54, 1.807) is 21.9 Å².